The summed E-state index contributed by atoms with van der Waals surface area (Å²) in [6, 6.07) is 1.91. The lowest BCUT2D eigenvalue weighted by Gasteiger charge is -2.16. The molecule has 0 aliphatic heterocycles. The van der Waals surface area contributed by atoms with Crippen LogP contribution in [0.1, 0.15) is 29.5 Å². The molecule has 88 valence electrons. The van der Waals surface area contributed by atoms with Crippen LogP contribution >= 0.6 is 0 Å². The van der Waals surface area contributed by atoms with E-state index in [1.807, 2.05) is 19.9 Å². The highest BCUT2D eigenvalue weighted by molar-refractivity contribution is 5.52. The molecule has 0 heterocycles. The molecule has 3 heteroatoms. The summed E-state index contributed by atoms with van der Waals surface area (Å²) in [6.45, 7) is 3.86. The van der Waals surface area contributed by atoms with Gasteiger partial charge in [0.1, 0.15) is 11.5 Å². The molecule has 1 saturated carbocycles. The summed E-state index contributed by atoms with van der Waals surface area (Å²) in [5, 5.41) is 10.1. The number of benzene rings is 1. The average molecular weight is 221 g/mol. The van der Waals surface area contributed by atoms with Gasteiger partial charge in [-0.25, -0.2) is 0 Å². The lowest BCUT2D eigenvalue weighted by atomic mass is 9.97. The van der Waals surface area contributed by atoms with Crippen molar-refractivity contribution in [3.8, 4) is 11.5 Å². The van der Waals surface area contributed by atoms with Gasteiger partial charge in [0.25, 0.3) is 0 Å². The molecular weight excluding hydrogens is 202 g/mol. The third kappa shape index (κ3) is 1.87. The number of nitrogens with two attached hydrogens (primary N) is 1. The van der Waals surface area contributed by atoms with Crippen molar-refractivity contribution in [1.82, 2.24) is 0 Å². The van der Waals surface area contributed by atoms with E-state index in [0.717, 1.165) is 41.7 Å². The number of phenolic OH excluding ortho intramolecular Hbond substituents is 1. The largest absolute Gasteiger partial charge is 0.507 e. The van der Waals surface area contributed by atoms with Crippen LogP contribution in [-0.4, -0.2) is 17.8 Å². The molecule has 1 fully saturated rings. The highest BCUT2D eigenvalue weighted by Crippen LogP contribution is 2.40. The molecule has 1 aliphatic rings. The smallest absolute Gasteiger partial charge is 0.122 e. The Morgan fingerprint density at radius 2 is 2.00 bits per heavy atom. The van der Waals surface area contributed by atoms with Crippen LogP contribution in [-0.2, 0) is 6.42 Å². The fourth-order valence-corrected chi connectivity index (χ4v) is 2.00. The summed E-state index contributed by atoms with van der Waals surface area (Å²) in [5.41, 5.74) is 8.76. The van der Waals surface area contributed by atoms with Crippen LogP contribution in [0.25, 0.3) is 0 Å². The van der Waals surface area contributed by atoms with Gasteiger partial charge in [-0.2, -0.15) is 0 Å². The van der Waals surface area contributed by atoms with Crippen molar-refractivity contribution in [3.63, 3.8) is 0 Å². The molecule has 1 aliphatic carbocycles. The Hall–Kier alpha value is -1.22. The van der Waals surface area contributed by atoms with Crippen molar-refractivity contribution in [2.45, 2.75) is 38.6 Å². The minimum atomic E-state index is -0.0931. The molecule has 3 nitrogen and oxygen atoms in total. The summed E-state index contributed by atoms with van der Waals surface area (Å²) in [4.78, 5) is 0. The molecule has 1 aromatic carbocycles. The maximum absolute atomic E-state index is 10.1. The molecule has 0 spiro atoms. The second kappa shape index (κ2) is 3.67. The molecule has 16 heavy (non-hydrogen) atoms. The number of methoxy groups -OCH3 is 1. The van der Waals surface area contributed by atoms with Crippen molar-refractivity contribution in [2.75, 3.05) is 7.11 Å². The van der Waals surface area contributed by atoms with Crippen LogP contribution in [0.2, 0.25) is 0 Å². The average Bonchev–Trinajstić information content (AvgIpc) is 2.97. The van der Waals surface area contributed by atoms with Crippen molar-refractivity contribution < 1.29 is 9.84 Å². The number of hydrogen-bond acceptors (Lipinski definition) is 3. The Labute approximate surface area is 96.2 Å². The van der Waals surface area contributed by atoms with E-state index in [9.17, 15) is 5.11 Å². The first-order valence-electron chi connectivity index (χ1n) is 5.62. The highest BCUT2D eigenvalue weighted by atomic mass is 16.5. The summed E-state index contributed by atoms with van der Waals surface area (Å²) >= 11 is 0. The zero-order valence-corrected chi connectivity index (χ0v) is 10.1. The Kier molecular flexibility index (Phi) is 2.58. The van der Waals surface area contributed by atoms with Gasteiger partial charge in [0.2, 0.25) is 0 Å². The molecule has 0 saturated heterocycles. The molecular formula is C13H19NO2. The second-order valence-corrected chi connectivity index (χ2v) is 4.88. The fourth-order valence-electron chi connectivity index (χ4n) is 2.00. The van der Waals surface area contributed by atoms with Gasteiger partial charge < -0.3 is 15.6 Å². The summed E-state index contributed by atoms with van der Waals surface area (Å²) < 4.78 is 5.30. The molecule has 3 N–H and O–H groups in total. The van der Waals surface area contributed by atoms with Crippen LogP contribution < -0.4 is 10.5 Å². The van der Waals surface area contributed by atoms with Crippen LogP contribution in [0.3, 0.4) is 0 Å². The van der Waals surface area contributed by atoms with Gasteiger partial charge in [-0.15, -0.1) is 0 Å². The topological polar surface area (TPSA) is 55.5 Å². The fraction of sp³-hybridized carbons (Fsp3) is 0.538. The predicted molar refractivity (Wildman–Crippen MR) is 64.0 cm³/mol. The Balaban J connectivity index is 2.40. The molecule has 1 aromatic rings. The monoisotopic (exact) mass is 221 g/mol. The highest BCUT2D eigenvalue weighted by Gasteiger charge is 2.39. The van der Waals surface area contributed by atoms with Gasteiger partial charge in [-0.05, 0) is 55.9 Å². The van der Waals surface area contributed by atoms with Crippen molar-refractivity contribution in [3.05, 3.63) is 22.8 Å². The van der Waals surface area contributed by atoms with E-state index in [-0.39, 0.29) is 5.54 Å². The third-order valence-corrected chi connectivity index (χ3v) is 3.55. The Morgan fingerprint density at radius 1 is 1.38 bits per heavy atom. The third-order valence-electron chi connectivity index (χ3n) is 3.55. The SMILES string of the molecule is COc1cc(CC2(N)CC2)c(O)c(C)c1C. The van der Waals surface area contributed by atoms with Crippen LogP contribution in [0.15, 0.2) is 6.07 Å². The zero-order valence-electron chi connectivity index (χ0n) is 10.1. The summed E-state index contributed by atoms with van der Waals surface area (Å²) in [5.74, 6) is 1.20. The lowest BCUT2D eigenvalue weighted by Crippen LogP contribution is -2.24. The molecule has 0 atom stereocenters. The Morgan fingerprint density at radius 3 is 2.50 bits per heavy atom. The first kappa shape index (κ1) is 11.3. The second-order valence-electron chi connectivity index (χ2n) is 4.88. The van der Waals surface area contributed by atoms with Crippen molar-refractivity contribution >= 4 is 0 Å². The lowest BCUT2D eigenvalue weighted by molar-refractivity contribution is 0.405. The maximum atomic E-state index is 10.1. The van der Waals surface area contributed by atoms with E-state index in [1.54, 1.807) is 7.11 Å². The molecule has 0 amide bonds. The quantitative estimate of drug-likeness (QED) is 0.821. The molecule has 0 radical (unpaired) electrons. The summed E-state index contributed by atoms with van der Waals surface area (Å²) in [6.07, 6.45) is 2.82. The van der Waals surface area contributed by atoms with Gasteiger partial charge in [-0.3, -0.25) is 0 Å². The van der Waals surface area contributed by atoms with E-state index in [4.69, 9.17) is 10.5 Å². The van der Waals surface area contributed by atoms with E-state index < -0.39 is 0 Å². The van der Waals surface area contributed by atoms with E-state index in [0.29, 0.717) is 5.75 Å². The maximum Gasteiger partial charge on any atom is 0.122 e. The first-order chi connectivity index (χ1) is 7.47. The van der Waals surface area contributed by atoms with Gasteiger partial charge in [0.15, 0.2) is 0 Å². The number of phenols is 1. The number of hydrogen-bond donors (Lipinski definition) is 2. The van der Waals surface area contributed by atoms with E-state index in [2.05, 4.69) is 0 Å². The van der Waals surface area contributed by atoms with Gasteiger partial charge in [-0.1, -0.05) is 0 Å². The molecule has 0 bridgehead atoms. The van der Waals surface area contributed by atoms with Crippen LogP contribution in [0.4, 0.5) is 0 Å². The van der Waals surface area contributed by atoms with Gasteiger partial charge in [0, 0.05) is 5.54 Å². The van der Waals surface area contributed by atoms with Crippen molar-refractivity contribution in [2.24, 2.45) is 5.73 Å². The van der Waals surface area contributed by atoms with E-state index in [1.165, 1.54) is 0 Å². The molecule has 0 unspecified atom stereocenters. The van der Waals surface area contributed by atoms with Crippen LogP contribution in [0.5, 0.6) is 11.5 Å². The van der Waals surface area contributed by atoms with Crippen LogP contribution in [0, 0.1) is 13.8 Å². The predicted octanol–water partition coefficient (Wildman–Crippen LogP) is 2.05. The minimum absolute atomic E-state index is 0.0931. The standard InChI is InChI=1S/C13H19NO2/c1-8-9(2)12(15)10(6-11(8)16-3)7-13(14)4-5-13/h6,15H,4-5,7,14H2,1-3H3. The van der Waals surface area contributed by atoms with Gasteiger partial charge in [0.05, 0.1) is 7.11 Å². The zero-order chi connectivity index (χ0) is 11.9. The van der Waals surface area contributed by atoms with Crippen molar-refractivity contribution in [1.29, 1.82) is 0 Å². The van der Waals surface area contributed by atoms with E-state index >= 15 is 0 Å². The molecule has 2 rings (SSSR count). The summed E-state index contributed by atoms with van der Waals surface area (Å²) in [7, 11) is 1.65. The first-order valence-corrected chi connectivity index (χ1v) is 5.62. The van der Waals surface area contributed by atoms with Gasteiger partial charge >= 0.3 is 0 Å². The minimum Gasteiger partial charge on any atom is -0.507 e. The Bertz CT molecular complexity index is 422. The number of aromatic hydroxyl groups is 1. The molecule has 0 aromatic heterocycles. The normalized spacial score (nSPS) is 17.2. The number of ether oxygens (including phenoxy) is 1. The number of rotatable bonds is 3.